The third-order valence-electron chi connectivity index (χ3n) is 7.73. The molecule has 5 heteroatoms. The number of rotatable bonds is 8. The van der Waals surface area contributed by atoms with Gasteiger partial charge in [-0.15, -0.1) is 0 Å². The topological polar surface area (TPSA) is 38.7 Å². The number of hydrogen-bond acceptors (Lipinski definition) is 4. The van der Waals surface area contributed by atoms with Gasteiger partial charge in [0.2, 0.25) is 0 Å². The monoisotopic (exact) mass is 473 g/mol. The van der Waals surface area contributed by atoms with Crippen molar-refractivity contribution in [3.63, 3.8) is 0 Å². The first-order valence-corrected chi connectivity index (χ1v) is 12.9. The lowest BCUT2D eigenvalue weighted by Gasteiger charge is -2.35. The Morgan fingerprint density at radius 2 is 1.43 bits per heavy atom. The summed E-state index contributed by atoms with van der Waals surface area (Å²) in [5, 5.41) is 14.3. The van der Waals surface area contributed by atoms with E-state index in [1.165, 1.54) is 5.56 Å². The van der Waals surface area contributed by atoms with Gasteiger partial charge < -0.3 is 10.4 Å². The molecule has 1 saturated heterocycles. The van der Waals surface area contributed by atoms with Crippen molar-refractivity contribution in [3.8, 4) is 5.75 Å². The molecule has 35 heavy (non-hydrogen) atoms. The van der Waals surface area contributed by atoms with Crippen LogP contribution in [-0.2, 0) is 25.2 Å². The third-order valence-corrected chi connectivity index (χ3v) is 7.73. The fourth-order valence-corrected chi connectivity index (χ4v) is 5.70. The minimum absolute atomic E-state index is 0.125. The maximum atomic E-state index is 14.7. The second-order valence-corrected chi connectivity index (χ2v) is 10.1. The molecule has 1 saturated carbocycles. The zero-order valence-electron chi connectivity index (χ0n) is 20.4. The average molecular weight is 474 g/mol. The van der Waals surface area contributed by atoms with E-state index in [0.717, 1.165) is 81.6 Å². The molecule has 3 aromatic carbocycles. The Kier molecular flexibility index (Phi) is 7.47. The average Bonchev–Trinajstić information content (AvgIpc) is 3.36. The first-order valence-electron chi connectivity index (χ1n) is 12.9. The Morgan fingerprint density at radius 3 is 2.14 bits per heavy atom. The van der Waals surface area contributed by atoms with Gasteiger partial charge in [-0.05, 0) is 42.2 Å². The number of nitrogens with one attached hydrogen (secondary N) is 1. The summed E-state index contributed by atoms with van der Waals surface area (Å²) in [6.45, 7) is 6.44. The molecule has 2 fully saturated rings. The van der Waals surface area contributed by atoms with Gasteiger partial charge in [0.25, 0.3) is 0 Å². The summed E-state index contributed by atoms with van der Waals surface area (Å²) in [6.07, 6.45) is 4.12. The van der Waals surface area contributed by atoms with Crippen molar-refractivity contribution in [2.75, 3.05) is 26.2 Å². The molecule has 3 aromatic rings. The van der Waals surface area contributed by atoms with Crippen LogP contribution in [-0.4, -0.2) is 41.1 Å². The van der Waals surface area contributed by atoms with Crippen molar-refractivity contribution in [2.45, 2.75) is 50.9 Å². The van der Waals surface area contributed by atoms with E-state index in [1.54, 1.807) is 12.1 Å². The minimum Gasteiger partial charge on any atom is -0.508 e. The van der Waals surface area contributed by atoms with Crippen molar-refractivity contribution >= 4 is 0 Å². The molecule has 184 valence electrons. The lowest BCUT2D eigenvalue weighted by molar-refractivity contribution is 0.121. The van der Waals surface area contributed by atoms with Crippen molar-refractivity contribution in [1.82, 2.24) is 15.1 Å². The van der Waals surface area contributed by atoms with Crippen molar-refractivity contribution in [2.24, 2.45) is 0 Å². The summed E-state index contributed by atoms with van der Waals surface area (Å²) in [6, 6.07) is 23.7. The van der Waals surface area contributed by atoms with Crippen LogP contribution in [0.4, 0.5) is 4.39 Å². The summed E-state index contributed by atoms with van der Waals surface area (Å²) in [7, 11) is 0. The van der Waals surface area contributed by atoms with Crippen LogP contribution in [0.25, 0.3) is 0 Å². The maximum Gasteiger partial charge on any atom is 0.128 e. The highest BCUT2D eigenvalue weighted by atomic mass is 19.1. The van der Waals surface area contributed by atoms with Gasteiger partial charge in [-0.25, -0.2) is 4.39 Å². The molecule has 1 aliphatic carbocycles. The van der Waals surface area contributed by atoms with Gasteiger partial charge in [-0.2, -0.15) is 0 Å². The van der Waals surface area contributed by atoms with E-state index in [-0.39, 0.29) is 11.4 Å². The molecule has 1 aliphatic heterocycles. The zero-order valence-corrected chi connectivity index (χ0v) is 20.4. The molecule has 5 rings (SSSR count). The van der Waals surface area contributed by atoms with E-state index in [2.05, 4.69) is 51.5 Å². The number of piperazine rings is 1. The highest BCUT2D eigenvalue weighted by Gasteiger charge is 2.37. The number of halogens is 1. The summed E-state index contributed by atoms with van der Waals surface area (Å²) in [4.78, 5) is 4.92. The van der Waals surface area contributed by atoms with Crippen LogP contribution >= 0.6 is 0 Å². The fourth-order valence-electron chi connectivity index (χ4n) is 5.70. The third kappa shape index (κ3) is 5.75. The van der Waals surface area contributed by atoms with Crippen LogP contribution in [0.1, 0.15) is 47.9 Å². The highest BCUT2D eigenvalue weighted by molar-refractivity contribution is 5.37. The number of phenols is 1. The quantitative estimate of drug-likeness (QED) is 0.459. The van der Waals surface area contributed by atoms with Gasteiger partial charge in [-0.3, -0.25) is 9.80 Å². The first-order chi connectivity index (χ1) is 17.1. The number of hydrogen-bond donors (Lipinski definition) is 2. The molecule has 4 nitrogen and oxygen atoms in total. The Labute approximate surface area is 208 Å². The Morgan fingerprint density at radius 1 is 0.771 bits per heavy atom. The van der Waals surface area contributed by atoms with Crippen LogP contribution in [0, 0.1) is 5.82 Å². The molecule has 0 radical (unpaired) electrons. The van der Waals surface area contributed by atoms with Crippen LogP contribution in [0.15, 0.2) is 72.8 Å². The number of nitrogens with zero attached hydrogens (tertiary/aromatic N) is 2. The van der Waals surface area contributed by atoms with E-state index in [1.807, 2.05) is 24.3 Å². The summed E-state index contributed by atoms with van der Waals surface area (Å²) in [5.74, 6) is 0.227. The van der Waals surface area contributed by atoms with Gasteiger partial charge in [0.15, 0.2) is 0 Å². The number of aromatic hydroxyl groups is 1. The highest BCUT2D eigenvalue weighted by Crippen LogP contribution is 2.40. The molecule has 0 atom stereocenters. The van der Waals surface area contributed by atoms with Crippen molar-refractivity contribution in [3.05, 3.63) is 101 Å². The first kappa shape index (κ1) is 24.0. The number of phenolic OH excluding ortho intramolecular Hbond substituents is 1. The molecular weight excluding hydrogens is 437 g/mol. The molecule has 0 aromatic heterocycles. The van der Waals surface area contributed by atoms with E-state index in [0.29, 0.717) is 12.3 Å². The van der Waals surface area contributed by atoms with Crippen LogP contribution in [0.3, 0.4) is 0 Å². The largest absolute Gasteiger partial charge is 0.508 e. The minimum atomic E-state index is -0.307. The summed E-state index contributed by atoms with van der Waals surface area (Å²) < 4.78 is 14.7. The number of benzene rings is 3. The lowest BCUT2D eigenvalue weighted by atomic mass is 9.87. The molecule has 2 N–H and O–H groups in total. The molecule has 0 bridgehead atoms. The van der Waals surface area contributed by atoms with E-state index >= 15 is 0 Å². The Bertz CT molecular complexity index is 1110. The van der Waals surface area contributed by atoms with Gasteiger partial charge in [-0.1, -0.05) is 67.4 Å². The molecule has 2 aliphatic rings. The molecule has 0 amide bonds. The van der Waals surface area contributed by atoms with E-state index in [9.17, 15) is 9.50 Å². The van der Waals surface area contributed by atoms with E-state index in [4.69, 9.17) is 0 Å². The van der Waals surface area contributed by atoms with Crippen LogP contribution in [0.5, 0.6) is 5.75 Å². The standard InChI is InChI=1S/C30H36FN3O/c31-28-11-5-4-10-27(28)30(14-6-7-15-30)32-21-25-12-13-29(35)26(20-25)23-34-18-16-33(17-19-34)22-24-8-2-1-3-9-24/h1-5,8-13,20,32,35H,6-7,14-19,21-23H2. The van der Waals surface area contributed by atoms with Crippen LogP contribution < -0.4 is 5.32 Å². The second kappa shape index (κ2) is 10.9. The van der Waals surface area contributed by atoms with E-state index < -0.39 is 0 Å². The van der Waals surface area contributed by atoms with Crippen LogP contribution in [0.2, 0.25) is 0 Å². The predicted octanol–water partition coefficient (Wildman–Crippen LogP) is 5.41. The SMILES string of the molecule is Oc1ccc(CNC2(c3ccccc3F)CCCC2)cc1CN1CCN(Cc2ccccc2)CC1. The molecule has 0 spiro atoms. The fraction of sp³-hybridized carbons (Fsp3) is 0.400. The Hall–Kier alpha value is -2.73. The van der Waals surface area contributed by atoms with Gasteiger partial charge in [0, 0.05) is 62.5 Å². The normalized spacial score (nSPS) is 18.7. The second-order valence-electron chi connectivity index (χ2n) is 10.1. The summed E-state index contributed by atoms with van der Waals surface area (Å²) >= 11 is 0. The van der Waals surface area contributed by atoms with Crippen molar-refractivity contribution < 1.29 is 9.50 Å². The molecular formula is C30H36FN3O. The molecule has 0 unspecified atom stereocenters. The zero-order chi connectivity index (χ0) is 24.1. The van der Waals surface area contributed by atoms with Gasteiger partial charge >= 0.3 is 0 Å². The molecule has 1 heterocycles. The Balaban J connectivity index is 1.20. The lowest BCUT2D eigenvalue weighted by Crippen LogP contribution is -2.45. The summed E-state index contributed by atoms with van der Waals surface area (Å²) in [5.41, 5.74) is 3.92. The van der Waals surface area contributed by atoms with Crippen molar-refractivity contribution in [1.29, 1.82) is 0 Å². The van der Waals surface area contributed by atoms with Gasteiger partial charge in [0.05, 0.1) is 0 Å². The smallest absolute Gasteiger partial charge is 0.128 e. The maximum absolute atomic E-state index is 14.7. The van der Waals surface area contributed by atoms with Gasteiger partial charge in [0.1, 0.15) is 11.6 Å². The predicted molar refractivity (Wildman–Crippen MR) is 138 cm³/mol.